The summed E-state index contributed by atoms with van der Waals surface area (Å²) in [6, 6.07) is 1.38. The van der Waals surface area contributed by atoms with Gasteiger partial charge in [0.05, 0.1) is 12.7 Å². The number of ether oxygens (including phenoxy) is 2. The van der Waals surface area contributed by atoms with Gasteiger partial charge in [-0.1, -0.05) is 21.6 Å². The van der Waals surface area contributed by atoms with Crippen LogP contribution < -0.4 is 11.4 Å². The van der Waals surface area contributed by atoms with Crippen molar-refractivity contribution in [1.82, 2.24) is 9.55 Å². The topological polar surface area (TPSA) is 228 Å². The summed E-state index contributed by atoms with van der Waals surface area (Å²) in [6.45, 7) is -0.683. The van der Waals surface area contributed by atoms with Gasteiger partial charge in [-0.25, -0.2) is 18.5 Å². The van der Waals surface area contributed by atoms with Crippen LogP contribution in [0.4, 0.5) is 5.82 Å². The molecule has 21 heteroatoms. The van der Waals surface area contributed by atoms with Crippen molar-refractivity contribution in [3.63, 3.8) is 0 Å². The highest BCUT2D eigenvalue weighted by Gasteiger charge is 2.44. The van der Waals surface area contributed by atoms with Crippen LogP contribution >= 0.6 is 45.1 Å². The predicted octanol–water partition coefficient (Wildman–Crippen LogP) is 1.46. The van der Waals surface area contributed by atoms with Gasteiger partial charge in [-0.3, -0.25) is 13.6 Å². The van der Waals surface area contributed by atoms with Crippen molar-refractivity contribution in [3.05, 3.63) is 22.7 Å². The van der Waals surface area contributed by atoms with Crippen molar-refractivity contribution >= 4 is 50.9 Å². The monoisotopic (exact) mass is 573 g/mol. The molecule has 2 rings (SSSR count). The Morgan fingerprint density at radius 2 is 1.91 bits per heavy atom. The lowest BCUT2D eigenvalue weighted by atomic mass is 10.2. The number of hydrogen-bond acceptors (Lipinski definition) is 14. The maximum Gasteiger partial charge on any atom is 0.490 e. The van der Waals surface area contributed by atoms with Crippen LogP contribution in [0.15, 0.2) is 17.1 Å². The second kappa shape index (κ2) is 12.1. The molecule has 4 unspecified atom stereocenters. The van der Waals surface area contributed by atoms with E-state index in [9.17, 15) is 28.3 Å². The van der Waals surface area contributed by atoms with E-state index in [2.05, 4.69) is 18.1 Å². The number of rotatable bonds is 13. The first kappa shape index (κ1) is 28.9. The molecule has 0 radical (unpaired) electrons. The SMILES string of the molecule is COP(=O)(O)OP(=O)(O)OP(=O)(O)OC[C@H]1O[C@@H](n2ccc(N)nc2=O)CC1OCSSC. The number of phosphoric acid groups is 3. The Morgan fingerprint density at radius 3 is 2.52 bits per heavy atom. The van der Waals surface area contributed by atoms with Crippen molar-refractivity contribution in [3.8, 4) is 0 Å². The van der Waals surface area contributed by atoms with Gasteiger partial charge in [-0.2, -0.15) is 13.6 Å². The highest BCUT2D eigenvalue weighted by Crippen LogP contribution is 2.67. The van der Waals surface area contributed by atoms with Gasteiger partial charge in [-0.15, -0.1) is 0 Å². The molecule has 1 fully saturated rings. The Kier molecular flexibility index (Phi) is 10.6. The lowest BCUT2D eigenvalue weighted by Crippen LogP contribution is -2.29. The van der Waals surface area contributed by atoms with Crippen LogP contribution in [0.5, 0.6) is 0 Å². The number of nitrogens with two attached hydrogens (primary N) is 1. The molecule has 33 heavy (non-hydrogen) atoms. The summed E-state index contributed by atoms with van der Waals surface area (Å²) >= 11 is 0. The standard InChI is InChI=1S/C12H22N3O13P3S2/c1-23-29(17,18)27-31(21,22)28-30(19,20)25-6-9-8(24-7-33-32-2)5-11(26-9)15-4-3-10(13)14-12(15)16/h3-4,8-9,11H,5-7H2,1-2H3,(H,17,18)(H,19,20)(H,21,22)(H2,13,14,16)/t8?,9-,11-/m1/s1. The summed E-state index contributed by atoms with van der Waals surface area (Å²) in [5.41, 5.74) is 4.78. The largest absolute Gasteiger partial charge is 0.490 e. The van der Waals surface area contributed by atoms with E-state index in [1.807, 2.05) is 6.26 Å². The summed E-state index contributed by atoms with van der Waals surface area (Å²) in [7, 11) is -12.4. The average molecular weight is 573 g/mol. The third-order valence-corrected chi connectivity index (χ3v) is 9.54. The summed E-state index contributed by atoms with van der Waals surface area (Å²) in [5.74, 6) is 0.219. The number of aromatic nitrogens is 2. The van der Waals surface area contributed by atoms with Gasteiger partial charge in [0.1, 0.15) is 24.1 Å². The van der Waals surface area contributed by atoms with Crippen LogP contribution in [0.25, 0.3) is 0 Å². The van der Waals surface area contributed by atoms with Crippen LogP contribution in [0, 0.1) is 0 Å². The molecule has 1 aliphatic rings. The van der Waals surface area contributed by atoms with Gasteiger partial charge < -0.3 is 29.9 Å². The lowest BCUT2D eigenvalue weighted by Gasteiger charge is -2.21. The van der Waals surface area contributed by atoms with Crippen molar-refractivity contribution in [2.24, 2.45) is 0 Å². The Balaban J connectivity index is 2.08. The van der Waals surface area contributed by atoms with Crippen LogP contribution in [-0.4, -0.2) is 62.4 Å². The van der Waals surface area contributed by atoms with E-state index < -0.39 is 54.2 Å². The van der Waals surface area contributed by atoms with Crippen molar-refractivity contribution in [2.75, 3.05) is 31.6 Å². The molecule has 190 valence electrons. The highest BCUT2D eigenvalue weighted by atomic mass is 33.1. The minimum Gasteiger partial charge on any atom is -0.383 e. The first-order valence-corrected chi connectivity index (χ1v) is 15.9. The molecule has 0 saturated carbocycles. The second-order valence-electron chi connectivity index (χ2n) is 6.06. The number of phosphoric ester groups is 2. The average Bonchev–Trinajstić information content (AvgIpc) is 3.08. The maximum absolute atomic E-state index is 12.1. The molecule has 16 nitrogen and oxygen atoms in total. The minimum atomic E-state index is -5.54. The molecule has 1 saturated heterocycles. The minimum absolute atomic E-state index is 0.00761. The van der Waals surface area contributed by atoms with E-state index in [1.165, 1.54) is 33.9 Å². The van der Waals surface area contributed by atoms with Crippen molar-refractivity contribution in [2.45, 2.75) is 24.9 Å². The number of hydrogen-bond donors (Lipinski definition) is 4. The molecule has 5 N–H and O–H groups in total. The Bertz CT molecular complexity index is 1010. The zero-order chi connectivity index (χ0) is 24.9. The molecule has 6 atom stereocenters. The van der Waals surface area contributed by atoms with Crippen molar-refractivity contribution in [1.29, 1.82) is 0 Å². The normalized spacial score (nSPS) is 26.4. The van der Waals surface area contributed by atoms with Gasteiger partial charge in [-0.05, 0) is 12.3 Å². The van der Waals surface area contributed by atoms with Crippen LogP contribution in [0.1, 0.15) is 12.6 Å². The molecule has 0 aliphatic carbocycles. The molecule has 1 aromatic rings. The van der Waals surface area contributed by atoms with Gasteiger partial charge in [0.2, 0.25) is 0 Å². The number of nitrogens with zero attached hydrogens (tertiary/aromatic N) is 2. The fourth-order valence-electron chi connectivity index (χ4n) is 2.51. The van der Waals surface area contributed by atoms with E-state index in [0.717, 1.165) is 4.57 Å². The van der Waals surface area contributed by atoms with E-state index in [-0.39, 0.29) is 18.2 Å². The molecular weight excluding hydrogens is 551 g/mol. The number of nitrogen functional groups attached to an aromatic ring is 1. The van der Waals surface area contributed by atoms with E-state index in [1.54, 1.807) is 0 Å². The molecule has 0 spiro atoms. The molecule has 0 amide bonds. The zero-order valence-corrected chi connectivity index (χ0v) is 21.4. The quantitative estimate of drug-likeness (QED) is 0.113. The van der Waals surface area contributed by atoms with Gasteiger partial charge in [0.15, 0.2) is 0 Å². The molecule has 0 aromatic carbocycles. The Morgan fingerprint density at radius 1 is 1.24 bits per heavy atom. The molecule has 0 bridgehead atoms. The van der Waals surface area contributed by atoms with Crippen LogP contribution in [-0.2, 0) is 40.8 Å². The molecular formula is C12H22N3O13P3S2. The Hall–Kier alpha value is -0.290. The third kappa shape index (κ3) is 9.35. The lowest BCUT2D eigenvalue weighted by molar-refractivity contribution is -0.0543. The number of anilines is 1. The maximum atomic E-state index is 12.1. The Labute approximate surface area is 195 Å². The van der Waals surface area contributed by atoms with Gasteiger partial charge >= 0.3 is 29.2 Å². The highest BCUT2D eigenvalue weighted by molar-refractivity contribution is 8.76. The van der Waals surface area contributed by atoms with E-state index >= 15 is 0 Å². The van der Waals surface area contributed by atoms with Crippen LogP contribution in [0.2, 0.25) is 0 Å². The van der Waals surface area contributed by atoms with Gasteiger partial charge in [0.25, 0.3) is 0 Å². The van der Waals surface area contributed by atoms with E-state index in [0.29, 0.717) is 7.11 Å². The summed E-state index contributed by atoms with van der Waals surface area (Å²) < 4.78 is 64.0. The molecule has 1 aliphatic heterocycles. The molecule has 1 aromatic heterocycles. The predicted molar refractivity (Wildman–Crippen MR) is 117 cm³/mol. The van der Waals surface area contributed by atoms with Crippen molar-refractivity contribution < 1.29 is 55.5 Å². The summed E-state index contributed by atoms with van der Waals surface area (Å²) in [6.07, 6.45) is 0.696. The van der Waals surface area contributed by atoms with Gasteiger partial charge in [0, 0.05) is 19.7 Å². The van der Waals surface area contributed by atoms with Crippen LogP contribution in [0.3, 0.4) is 0 Å². The van der Waals surface area contributed by atoms with E-state index in [4.69, 9.17) is 24.6 Å². The second-order valence-corrected chi connectivity index (χ2v) is 13.3. The third-order valence-electron chi connectivity index (χ3n) is 3.84. The fourth-order valence-corrected chi connectivity index (χ4v) is 6.55. The zero-order valence-electron chi connectivity index (χ0n) is 17.1. The first-order chi connectivity index (χ1) is 15.3. The smallest absolute Gasteiger partial charge is 0.383 e. The summed E-state index contributed by atoms with van der Waals surface area (Å²) in [4.78, 5) is 43.9. The fraction of sp³-hybridized carbons (Fsp3) is 0.667. The summed E-state index contributed by atoms with van der Waals surface area (Å²) in [5, 5.41) is 0. The molecule has 2 heterocycles. The first-order valence-electron chi connectivity index (χ1n) is 8.66.